The normalized spacial score (nSPS) is 18.3. The fraction of sp³-hybridized carbons (Fsp3) is 0.417. The van der Waals surface area contributed by atoms with Gasteiger partial charge in [0.1, 0.15) is 0 Å². The minimum Gasteiger partial charge on any atom is -0.379 e. The summed E-state index contributed by atoms with van der Waals surface area (Å²) in [4.78, 5) is 12.2. The van der Waals surface area contributed by atoms with Crippen LogP contribution in [0.2, 0.25) is 0 Å². The third-order valence-electron chi connectivity index (χ3n) is 3.02. The molecule has 0 saturated carbocycles. The van der Waals surface area contributed by atoms with Crippen molar-refractivity contribution in [3.05, 3.63) is 35.4 Å². The Hall–Kier alpha value is -1.19. The molecule has 1 aliphatic rings. The zero-order chi connectivity index (χ0) is 10.9. The van der Waals surface area contributed by atoms with E-state index in [2.05, 4.69) is 0 Å². The first kappa shape index (κ1) is 10.3. The molecule has 1 heterocycles. The molecule has 1 aliphatic heterocycles. The summed E-state index contributed by atoms with van der Waals surface area (Å²) < 4.78 is 5.11. The van der Waals surface area contributed by atoms with Crippen LogP contribution in [0, 0.1) is 12.3 Å². The van der Waals surface area contributed by atoms with Gasteiger partial charge in [-0.2, -0.15) is 0 Å². The quantitative estimate of drug-likeness (QED) is 0.753. The van der Waals surface area contributed by atoms with Crippen LogP contribution in [0.25, 0.3) is 0 Å². The number of carbonyl (C=O) groups is 1. The largest absolute Gasteiger partial charge is 0.379 e. The first-order chi connectivity index (χ1) is 7.19. The zero-order valence-electron chi connectivity index (χ0n) is 8.82. The summed E-state index contributed by atoms with van der Waals surface area (Å²) in [5.41, 5.74) is 6.96. The maximum atomic E-state index is 12.2. The van der Waals surface area contributed by atoms with E-state index in [1.165, 1.54) is 0 Å². The van der Waals surface area contributed by atoms with Gasteiger partial charge in [0.25, 0.3) is 0 Å². The number of ether oxygens (including phenoxy) is 1. The summed E-state index contributed by atoms with van der Waals surface area (Å²) in [7, 11) is 0. The summed E-state index contributed by atoms with van der Waals surface area (Å²) in [6.45, 7) is 3.21. The molecule has 3 nitrogen and oxygen atoms in total. The van der Waals surface area contributed by atoms with Crippen molar-refractivity contribution in [1.82, 2.24) is 0 Å². The van der Waals surface area contributed by atoms with E-state index in [0.29, 0.717) is 19.8 Å². The molecule has 80 valence electrons. The van der Waals surface area contributed by atoms with E-state index in [-0.39, 0.29) is 5.78 Å². The van der Waals surface area contributed by atoms with Gasteiger partial charge in [-0.15, -0.1) is 0 Å². The molecule has 0 spiro atoms. The van der Waals surface area contributed by atoms with Gasteiger partial charge in [-0.25, -0.2) is 0 Å². The second-order valence-corrected chi connectivity index (χ2v) is 4.12. The minimum atomic E-state index is -0.466. The first-order valence-electron chi connectivity index (χ1n) is 5.08. The molecule has 1 aromatic rings. The smallest absolute Gasteiger partial charge is 0.175 e. The molecule has 0 atom stereocenters. The second-order valence-electron chi connectivity index (χ2n) is 4.12. The van der Waals surface area contributed by atoms with Crippen LogP contribution in [0.3, 0.4) is 0 Å². The van der Waals surface area contributed by atoms with Gasteiger partial charge in [0.15, 0.2) is 5.78 Å². The molecule has 0 amide bonds. The third kappa shape index (κ3) is 1.58. The molecule has 1 aromatic carbocycles. The van der Waals surface area contributed by atoms with E-state index >= 15 is 0 Å². The van der Waals surface area contributed by atoms with E-state index in [4.69, 9.17) is 10.5 Å². The molecule has 0 bridgehead atoms. The Morgan fingerprint density at radius 1 is 1.47 bits per heavy atom. The van der Waals surface area contributed by atoms with Crippen molar-refractivity contribution in [2.75, 3.05) is 19.8 Å². The maximum Gasteiger partial charge on any atom is 0.175 e. The third-order valence-corrected chi connectivity index (χ3v) is 3.02. The number of aryl methyl sites for hydroxylation is 1. The van der Waals surface area contributed by atoms with Crippen LogP contribution in [-0.4, -0.2) is 25.5 Å². The molecule has 0 aliphatic carbocycles. The van der Waals surface area contributed by atoms with Gasteiger partial charge in [0.05, 0.1) is 18.6 Å². The molecule has 0 radical (unpaired) electrons. The topological polar surface area (TPSA) is 52.3 Å². The van der Waals surface area contributed by atoms with E-state index < -0.39 is 5.41 Å². The average molecular weight is 205 g/mol. The molecular formula is C12H15NO2. The average Bonchev–Trinajstić information content (AvgIpc) is 2.17. The van der Waals surface area contributed by atoms with Crippen LogP contribution in [0.15, 0.2) is 24.3 Å². The van der Waals surface area contributed by atoms with Crippen molar-refractivity contribution >= 4 is 5.78 Å². The highest BCUT2D eigenvalue weighted by Crippen LogP contribution is 2.31. The molecule has 1 fully saturated rings. The van der Waals surface area contributed by atoms with Crippen molar-refractivity contribution in [3.8, 4) is 0 Å². The van der Waals surface area contributed by atoms with Gasteiger partial charge in [0, 0.05) is 12.1 Å². The number of Topliss-reactive ketones (excluding diaryl/α,β-unsaturated/α-hetero) is 1. The van der Waals surface area contributed by atoms with Gasteiger partial charge in [-0.1, -0.05) is 24.3 Å². The molecule has 0 aromatic heterocycles. The lowest BCUT2D eigenvalue weighted by molar-refractivity contribution is -0.0816. The van der Waals surface area contributed by atoms with Gasteiger partial charge in [0.2, 0.25) is 0 Å². The molecule has 1 saturated heterocycles. The van der Waals surface area contributed by atoms with Crippen molar-refractivity contribution < 1.29 is 9.53 Å². The summed E-state index contributed by atoms with van der Waals surface area (Å²) in [5, 5.41) is 0. The van der Waals surface area contributed by atoms with Gasteiger partial charge >= 0.3 is 0 Å². The molecular weight excluding hydrogens is 190 g/mol. The lowest BCUT2D eigenvalue weighted by Gasteiger charge is -2.39. The first-order valence-corrected chi connectivity index (χ1v) is 5.08. The monoisotopic (exact) mass is 205 g/mol. The maximum absolute atomic E-state index is 12.2. The van der Waals surface area contributed by atoms with Crippen molar-refractivity contribution in [3.63, 3.8) is 0 Å². The number of hydrogen-bond acceptors (Lipinski definition) is 3. The van der Waals surface area contributed by atoms with Gasteiger partial charge in [-0.3, -0.25) is 4.79 Å². The highest BCUT2D eigenvalue weighted by molar-refractivity contribution is 6.02. The number of rotatable bonds is 3. The highest BCUT2D eigenvalue weighted by atomic mass is 16.5. The van der Waals surface area contributed by atoms with E-state index in [0.717, 1.165) is 11.1 Å². The van der Waals surface area contributed by atoms with E-state index in [9.17, 15) is 4.79 Å². The Kier molecular flexibility index (Phi) is 2.59. The molecule has 0 unspecified atom stereocenters. The van der Waals surface area contributed by atoms with Crippen molar-refractivity contribution in [1.29, 1.82) is 0 Å². The molecule has 15 heavy (non-hydrogen) atoms. The van der Waals surface area contributed by atoms with E-state index in [1.54, 1.807) is 0 Å². The Morgan fingerprint density at radius 3 is 2.60 bits per heavy atom. The van der Waals surface area contributed by atoms with Crippen LogP contribution < -0.4 is 5.73 Å². The number of benzene rings is 1. The Morgan fingerprint density at radius 2 is 2.13 bits per heavy atom. The highest BCUT2D eigenvalue weighted by Gasteiger charge is 2.45. The fourth-order valence-corrected chi connectivity index (χ4v) is 1.80. The van der Waals surface area contributed by atoms with Crippen LogP contribution in [-0.2, 0) is 4.74 Å². The van der Waals surface area contributed by atoms with Crippen LogP contribution in [0.1, 0.15) is 15.9 Å². The molecule has 2 N–H and O–H groups in total. The number of ketones is 1. The summed E-state index contributed by atoms with van der Waals surface area (Å²) in [6, 6.07) is 7.60. The number of hydrogen-bond donors (Lipinski definition) is 1. The summed E-state index contributed by atoms with van der Waals surface area (Å²) >= 11 is 0. The van der Waals surface area contributed by atoms with E-state index in [1.807, 2.05) is 31.2 Å². The van der Waals surface area contributed by atoms with Crippen molar-refractivity contribution in [2.24, 2.45) is 11.1 Å². The molecule has 2 rings (SSSR count). The molecule has 3 heteroatoms. The lowest BCUT2D eigenvalue weighted by atomic mass is 9.77. The Bertz CT molecular complexity index is 377. The van der Waals surface area contributed by atoms with Crippen LogP contribution in [0.4, 0.5) is 0 Å². The SMILES string of the molecule is Cc1ccccc1C(=O)C1(CN)COC1. The van der Waals surface area contributed by atoms with Crippen LogP contribution in [0.5, 0.6) is 0 Å². The van der Waals surface area contributed by atoms with Gasteiger partial charge < -0.3 is 10.5 Å². The minimum absolute atomic E-state index is 0.120. The standard InChI is InChI=1S/C12H15NO2/c1-9-4-2-3-5-10(9)11(14)12(6-13)7-15-8-12/h2-5H,6-8,13H2,1H3. The predicted molar refractivity (Wildman–Crippen MR) is 57.8 cm³/mol. The number of nitrogens with two attached hydrogens (primary N) is 1. The Labute approximate surface area is 89.2 Å². The summed E-state index contributed by atoms with van der Waals surface area (Å²) in [5.74, 6) is 0.120. The van der Waals surface area contributed by atoms with Crippen LogP contribution >= 0.6 is 0 Å². The Balaban J connectivity index is 2.32. The fourth-order valence-electron chi connectivity index (χ4n) is 1.80. The predicted octanol–water partition coefficient (Wildman–Crippen LogP) is 1.15. The number of carbonyl (C=O) groups excluding carboxylic acids is 1. The van der Waals surface area contributed by atoms with Gasteiger partial charge in [-0.05, 0) is 12.5 Å². The lowest BCUT2D eigenvalue weighted by Crippen LogP contribution is -2.54. The zero-order valence-corrected chi connectivity index (χ0v) is 8.82. The summed E-state index contributed by atoms with van der Waals surface area (Å²) in [6.07, 6.45) is 0. The van der Waals surface area contributed by atoms with Crippen molar-refractivity contribution in [2.45, 2.75) is 6.92 Å². The second kappa shape index (κ2) is 3.76.